The average molecular weight is 265 g/mol. The van der Waals surface area contributed by atoms with Gasteiger partial charge in [-0.1, -0.05) is 6.07 Å². The van der Waals surface area contributed by atoms with E-state index in [1.54, 1.807) is 7.11 Å². The number of likely N-dealkylation sites (N-methyl/N-ethyl adjacent to an activating group) is 1. The first-order chi connectivity index (χ1) is 9.10. The highest BCUT2D eigenvalue weighted by atomic mass is 16.5. The van der Waals surface area contributed by atoms with Crippen LogP contribution in [0.25, 0.3) is 0 Å². The second kappa shape index (κ2) is 5.93. The zero-order valence-electron chi connectivity index (χ0n) is 11.2. The summed E-state index contributed by atoms with van der Waals surface area (Å²) in [6.45, 7) is 0.678. The Morgan fingerprint density at radius 2 is 2.32 bits per heavy atom. The number of methoxy groups -OCH3 is 1. The number of carboxylic acids is 1. The fraction of sp³-hybridized carbons (Fsp3) is 0.500. The zero-order valence-corrected chi connectivity index (χ0v) is 11.2. The minimum absolute atomic E-state index is 0.0303. The molecule has 2 rings (SSSR count). The maximum atomic E-state index is 10.8. The van der Waals surface area contributed by atoms with Gasteiger partial charge in [0.05, 0.1) is 13.2 Å². The van der Waals surface area contributed by atoms with E-state index in [9.17, 15) is 4.79 Å². The maximum Gasteiger partial charge on any atom is 0.332 e. The van der Waals surface area contributed by atoms with Crippen LogP contribution in [0.2, 0.25) is 0 Å². The smallest absolute Gasteiger partial charge is 0.332 e. The predicted octanol–water partition coefficient (Wildman–Crippen LogP) is 1.76. The summed E-state index contributed by atoms with van der Waals surface area (Å²) in [5, 5.41) is 8.90. The Morgan fingerprint density at radius 3 is 2.95 bits per heavy atom. The van der Waals surface area contributed by atoms with Crippen molar-refractivity contribution in [1.82, 2.24) is 0 Å². The van der Waals surface area contributed by atoms with Crippen LogP contribution in [0.1, 0.15) is 12.8 Å². The Kier molecular flexibility index (Phi) is 4.27. The third-order valence-electron chi connectivity index (χ3n) is 3.35. The zero-order chi connectivity index (χ0) is 13.8. The first kappa shape index (κ1) is 13.7. The highest BCUT2D eigenvalue weighted by molar-refractivity contribution is 5.72. The van der Waals surface area contributed by atoms with Gasteiger partial charge in [0.15, 0.2) is 6.10 Å². The van der Waals surface area contributed by atoms with Crippen molar-refractivity contribution < 1.29 is 19.4 Å². The topological polar surface area (TPSA) is 59.0 Å². The molecule has 19 heavy (non-hydrogen) atoms. The number of carbonyl (C=O) groups is 1. The number of hydrogen-bond acceptors (Lipinski definition) is 4. The van der Waals surface area contributed by atoms with Crippen LogP contribution >= 0.6 is 0 Å². The van der Waals surface area contributed by atoms with E-state index in [0.29, 0.717) is 13.0 Å². The number of rotatable bonds is 5. The molecule has 1 saturated heterocycles. The van der Waals surface area contributed by atoms with Crippen LogP contribution in [0.15, 0.2) is 24.3 Å². The molecule has 0 aliphatic carbocycles. The number of nitrogens with zero attached hydrogens (tertiary/aromatic N) is 1. The fourth-order valence-corrected chi connectivity index (χ4v) is 2.28. The second-order valence-electron chi connectivity index (χ2n) is 4.74. The summed E-state index contributed by atoms with van der Waals surface area (Å²) in [4.78, 5) is 12.9. The first-order valence-electron chi connectivity index (χ1n) is 6.33. The number of benzene rings is 1. The summed E-state index contributed by atoms with van der Waals surface area (Å²) < 4.78 is 10.7. The highest BCUT2D eigenvalue weighted by Crippen LogP contribution is 2.24. The Morgan fingerprint density at radius 1 is 1.53 bits per heavy atom. The lowest BCUT2D eigenvalue weighted by Crippen LogP contribution is -2.30. The molecule has 0 radical (unpaired) electrons. The summed E-state index contributed by atoms with van der Waals surface area (Å²) in [6.07, 6.45) is 0.693. The van der Waals surface area contributed by atoms with Gasteiger partial charge in [-0.3, -0.25) is 0 Å². The number of aliphatic carboxylic acids is 1. The van der Waals surface area contributed by atoms with Crippen LogP contribution in [-0.2, 0) is 9.53 Å². The van der Waals surface area contributed by atoms with E-state index < -0.39 is 12.1 Å². The molecule has 1 aliphatic heterocycles. The van der Waals surface area contributed by atoms with Crippen LogP contribution in [0.5, 0.6) is 5.75 Å². The normalized spacial score (nSPS) is 22.2. The summed E-state index contributed by atoms with van der Waals surface area (Å²) >= 11 is 0. The van der Waals surface area contributed by atoms with Gasteiger partial charge in [-0.25, -0.2) is 4.79 Å². The second-order valence-corrected chi connectivity index (χ2v) is 4.74. The molecule has 1 aromatic rings. The average Bonchev–Trinajstić information content (AvgIpc) is 2.87. The van der Waals surface area contributed by atoms with E-state index in [2.05, 4.69) is 4.90 Å². The molecule has 1 aliphatic rings. The van der Waals surface area contributed by atoms with Gasteiger partial charge in [0.2, 0.25) is 0 Å². The lowest BCUT2D eigenvalue weighted by atomic mass is 10.2. The van der Waals surface area contributed by atoms with Crippen molar-refractivity contribution in [1.29, 1.82) is 0 Å². The van der Waals surface area contributed by atoms with Gasteiger partial charge in [0.1, 0.15) is 5.75 Å². The van der Waals surface area contributed by atoms with Crippen LogP contribution in [0.3, 0.4) is 0 Å². The van der Waals surface area contributed by atoms with Gasteiger partial charge in [0, 0.05) is 25.3 Å². The van der Waals surface area contributed by atoms with E-state index in [-0.39, 0.29) is 6.10 Å². The van der Waals surface area contributed by atoms with Gasteiger partial charge in [-0.15, -0.1) is 0 Å². The molecule has 1 fully saturated rings. The van der Waals surface area contributed by atoms with E-state index in [1.807, 2.05) is 31.3 Å². The Bertz CT molecular complexity index is 449. The van der Waals surface area contributed by atoms with Gasteiger partial charge < -0.3 is 19.5 Å². The van der Waals surface area contributed by atoms with Crippen molar-refractivity contribution in [3.63, 3.8) is 0 Å². The van der Waals surface area contributed by atoms with E-state index in [1.165, 1.54) is 0 Å². The molecule has 1 heterocycles. The third-order valence-corrected chi connectivity index (χ3v) is 3.35. The molecular weight excluding hydrogens is 246 g/mol. The molecular formula is C14H19NO4. The molecule has 2 atom stereocenters. The largest absolute Gasteiger partial charge is 0.497 e. The molecule has 5 nitrogen and oxygen atoms in total. The Hall–Kier alpha value is -1.75. The summed E-state index contributed by atoms with van der Waals surface area (Å²) in [5.41, 5.74) is 1.03. The minimum atomic E-state index is -0.869. The molecule has 1 N–H and O–H groups in total. The third kappa shape index (κ3) is 3.38. The van der Waals surface area contributed by atoms with Crippen molar-refractivity contribution in [3.8, 4) is 5.75 Å². The van der Waals surface area contributed by atoms with E-state index in [0.717, 1.165) is 17.9 Å². The predicted molar refractivity (Wildman–Crippen MR) is 71.8 cm³/mol. The standard InChI is InChI=1S/C14H19NO4/c1-15(10-4-3-5-11(8-10)18-2)9-12-6-7-13(19-12)14(16)17/h3-5,8,12-13H,6-7,9H2,1-2H3,(H,16,17). The molecule has 0 aromatic heterocycles. The summed E-state index contributed by atoms with van der Waals surface area (Å²) in [7, 11) is 3.60. The minimum Gasteiger partial charge on any atom is -0.497 e. The number of hydrogen-bond donors (Lipinski definition) is 1. The summed E-state index contributed by atoms with van der Waals surface area (Å²) in [5.74, 6) is -0.0633. The van der Waals surface area contributed by atoms with Gasteiger partial charge in [-0.05, 0) is 25.0 Å². The SMILES string of the molecule is COc1cccc(N(C)CC2CCC(C(=O)O)O2)c1. The van der Waals surface area contributed by atoms with Crippen LogP contribution in [0.4, 0.5) is 5.69 Å². The monoisotopic (exact) mass is 265 g/mol. The molecule has 0 saturated carbocycles. The first-order valence-corrected chi connectivity index (χ1v) is 6.33. The number of carboxylic acid groups (broad SMARTS) is 1. The van der Waals surface area contributed by atoms with Crippen molar-refractivity contribution >= 4 is 11.7 Å². The van der Waals surface area contributed by atoms with Crippen molar-refractivity contribution in [2.75, 3.05) is 25.6 Å². The lowest BCUT2D eigenvalue weighted by molar-refractivity contribution is -0.149. The molecule has 0 spiro atoms. The van der Waals surface area contributed by atoms with E-state index in [4.69, 9.17) is 14.6 Å². The van der Waals surface area contributed by atoms with Crippen molar-refractivity contribution in [3.05, 3.63) is 24.3 Å². The molecule has 1 aromatic carbocycles. The lowest BCUT2D eigenvalue weighted by Gasteiger charge is -2.23. The van der Waals surface area contributed by atoms with Gasteiger partial charge in [0.25, 0.3) is 0 Å². The maximum absolute atomic E-state index is 10.8. The van der Waals surface area contributed by atoms with Gasteiger partial charge >= 0.3 is 5.97 Å². The quantitative estimate of drug-likeness (QED) is 0.879. The highest BCUT2D eigenvalue weighted by Gasteiger charge is 2.31. The number of ether oxygens (including phenoxy) is 2. The fourth-order valence-electron chi connectivity index (χ4n) is 2.28. The molecule has 0 amide bonds. The molecule has 5 heteroatoms. The molecule has 0 bridgehead atoms. The summed E-state index contributed by atoms with van der Waals surface area (Å²) in [6, 6.07) is 7.76. The van der Waals surface area contributed by atoms with Gasteiger partial charge in [-0.2, -0.15) is 0 Å². The van der Waals surface area contributed by atoms with Crippen molar-refractivity contribution in [2.24, 2.45) is 0 Å². The van der Waals surface area contributed by atoms with Crippen LogP contribution in [-0.4, -0.2) is 44.0 Å². The van der Waals surface area contributed by atoms with Crippen LogP contribution in [0, 0.1) is 0 Å². The number of anilines is 1. The Labute approximate surface area is 112 Å². The molecule has 2 unspecified atom stereocenters. The van der Waals surface area contributed by atoms with Crippen LogP contribution < -0.4 is 9.64 Å². The van der Waals surface area contributed by atoms with E-state index >= 15 is 0 Å². The molecule has 104 valence electrons. The van der Waals surface area contributed by atoms with Crippen molar-refractivity contribution in [2.45, 2.75) is 25.0 Å². The Balaban J connectivity index is 1.94.